The molecule has 0 atom stereocenters. The number of benzene rings is 1. The van der Waals surface area contributed by atoms with Crippen LogP contribution >= 0.6 is 0 Å². The highest BCUT2D eigenvalue weighted by Gasteiger charge is 2.16. The maximum atomic E-state index is 11.2. The molecule has 0 radical (unpaired) electrons. The number of amides is 2. The van der Waals surface area contributed by atoms with Crippen molar-refractivity contribution in [3.05, 3.63) is 53.5 Å². The Morgan fingerprint density at radius 3 is 2.71 bits per heavy atom. The van der Waals surface area contributed by atoms with Crippen LogP contribution in [0.25, 0.3) is 6.08 Å². The standard InChI is InChI=1S/C18H20N4O2/c1-13-11-21-17(12-20-13)24-16-4-2-3-15(10-16)9-14-5-7-22(8-6-14)18(19)23/h2-4,9-12H,5-8H2,1H3,(H2,19,23). The summed E-state index contributed by atoms with van der Waals surface area (Å²) in [5.41, 5.74) is 8.53. The van der Waals surface area contributed by atoms with Gasteiger partial charge in [0.05, 0.1) is 18.1 Å². The minimum Gasteiger partial charge on any atom is -0.437 e. The number of urea groups is 1. The number of carbonyl (C=O) groups excluding carboxylic acids is 1. The molecule has 24 heavy (non-hydrogen) atoms. The minimum atomic E-state index is -0.344. The number of ether oxygens (including phenoxy) is 1. The molecule has 3 rings (SSSR count). The summed E-state index contributed by atoms with van der Waals surface area (Å²) in [4.78, 5) is 21.2. The van der Waals surface area contributed by atoms with Gasteiger partial charge in [-0.15, -0.1) is 0 Å². The van der Waals surface area contributed by atoms with E-state index in [-0.39, 0.29) is 6.03 Å². The summed E-state index contributed by atoms with van der Waals surface area (Å²) >= 11 is 0. The molecule has 1 fully saturated rings. The topological polar surface area (TPSA) is 81.3 Å². The number of nitrogens with two attached hydrogens (primary N) is 1. The van der Waals surface area contributed by atoms with E-state index < -0.39 is 0 Å². The second-order valence-electron chi connectivity index (χ2n) is 5.80. The molecule has 1 saturated heterocycles. The van der Waals surface area contributed by atoms with Crippen molar-refractivity contribution in [3.63, 3.8) is 0 Å². The average Bonchev–Trinajstić information content (AvgIpc) is 2.58. The van der Waals surface area contributed by atoms with E-state index in [4.69, 9.17) is 10.5 Å². The Balaban J connectivity index is 1.68. The molecule has 1 aromatic heterocycles. The Bertz CT molecular complexity index is 746. The molecule has 2 heterocycles. The van der Waals surface area contributed by atoms with E-state index in [1.807, 2.05) is 31.2 Å². The zero-order valence-corrected chi connectivity index (χ0v) is 13.6. The van der Waals surface area contributed by atoms with Gasteiger partial charge in [-0.1, -0.05) is 23.8 Å². The van der Waals surface area contributed by atoms with Gasteiger partial charge in [-0.2, -0.15) is 0 Å². The van der Waals surface area contributed by atoms with Gasteiger partial charge in [0, 0.05) is 13.1 Å². The van der Waals surface area contributed by atoms with Gasteiger partial charge < -0.3 is 15.4 Å². The van der Waals surface area contributed by atoms with Crippen LogP contribution in [-0.4, -0.2) is 34.0 Å². The van der Waals surface area contributed by atoms with E-state index in [1.54, 1.807) is 17.3 Å². The lowest BCUT2D eigenvalue weighted by molar-refractivity contribution is 0.203. The van der Waals surface area contributed by atoms with Gasteiger partial charge in [-0.3, -0.25) is 4.98 Å². The number of primary amides is 1. The van der Waals surface area contributed by atoms with Crippen LogP contribution in [0.1, 0.15) is 24.1 Å². The van der Waals surface area contributed by atoms with Gasteiger partial charge in [0.2, 0.25) is 5.88 Å². The lowest BCUT2D eigenvalue weighted by atomic mass is 10.0. The van der Waals surface area contributed by atoms with Crippen LogP contribution in [0, 0.1) is 6.92 Å². The predicted octanol–water partition coefficient (Wildman–Crippen LogP) is 3.14. The quantitative estimate of drug-likeness (QED) is 0.940. The SMILES string of the molecule is Cc1cnc(Oc2cccc(C=C3CCN(C(N)=O)CC3)c2)cn1. The third kappa shape index (κ3) is 4.10. The molecule has 2 aromatic rings. The maximum absolute atomic E-state index is 11.2. The van der Waals surface area contributed by atoms with Crippen LogP contribution in [0.5, 0.6) is 11.6 Å². The fraction of sp³-hybridized carbons (Fsp3) is 0.278. The van der Waals surface area contributed by atoms with Crippen molar-refractivity contribution in [2.45, 2.75) is 19.8 Å². The Kier molecular flexibility index (Phi) is 4.74. The smallest absolute Gasteiger partial charge is 0.314 e. The fourth-order valence-corrected chi connectivity index (χ4v) is 2.62. The number of aryl methyl sites for hydroxylation is 1. The molecule has 0 spiro atoms. The number of nitrogens with zero attached hydrogens (tertiary/aromatic N) is 3. The molecule has 0 unspecified atom stereocenters. The van der Waals surface area contributed by atoms with E-state index >= 15 is 0 Å². The highest BCUT2D eigenvalue weighted by molar-refractivity contribution is 5.72. The van der Waals surface area contributed by atoms with Crippen molar-refractivity contribution in [2.75, 3.05) is 13.1 Å². The number of likely N-dealkylation sites (tertiary alicyclic amines) is 1. The summed E-state index contributed by atoms with van der Waals surface area (Å²) in [5.74, 6) is 1.19. The first-order chi connectivity index (χ1) is 11.6. The van der Waals surface area contributed by atoms with E-state index in [0.29, 0.717) is 19.0 Å². The van der Waals surface area contributed by atoms with Gasteiger partial charge >= 0.3 is 6.03 Å². The molecule has 0 saturated carbocycles. The number of rotatable bonds is 3. The molecule has 1 aliphatic rings. The molecule has 6 nitrogen and oxygen atoms in total. The van der Waals surface area contributed by atoms with Gasteiger partial charge in [-0.25, -0.2) is 9.78 Å². The van der Waals surface area contributed by atoms with Crippen LogP contribution in [0.3, 0.4) is 0 Å². The molecule has 0 aliphatic carbocycles. The zero-order chi connectivity index (χ0) is 16.9. The van der Waals surface area contributed by atoms with Gasteiger partial charge in [0.15, 0.2) is 0 Å². The lowest BCUT2D eigenvalue weighted by Crippen LogP contribution is -2.39. The first-order valence-corrected chi connectivity index (χ1v) is 7.90. The van der Waals surface area contributed by atoms with E-state index in [2.05, 4.69) is 16.0 Å². The number of hydrogen-bond donors (Lipinski definition) is 1. The molecular weight excluding hydrogens is 304 g/mol. The van der Waals surface area contributed by atoms with Crippen molar-refractivity contribution in [3.8, 4) is 11.6 Å². The van der Waals surface area contributed by atoms with Crippen molar-refractivity contribution in [1.82, 2.24) is 14.9 Å². The van der Waals surface area contributed by atoms with Gasteiger partial charge in [0.25, 0.3) is 0 Å². The van der Waals surface area contributed by atoms with E-state index in [1.165, 1.54) is 5.57 Å². The zero-order valence-electron chi connectivity index (χ0n) is 13.6. The molecule has 2 N–H and O–H groups in total. The first-order valence-electron chi connectivity index (χ1n) is 7.90. The summed E-state index contributed by atoms with van der Waals surface area (Å²) in [6, 6.07) is 7.49. The number of hydrogen-bond acceptors (Lipinski definition) is 4. The predicted molar refractivity (Wildman–Crippen MR) is 91.7 cm³/mol. The Morgan fingerprint density at radius 1 is 1.25 bits per heavy atom. The normalized spacial score (nSPS) is 14.4. The number of piperidine rings is 1. The van der Waals surface area contributed by atoms with Crippen molar-refractivity contribution in [1.29, 1.82) is 0 Å². The van der Waals surface area contributed by atoms with Crippen molar-refractivity contribution >= 4 is 12.1 Å². The third-order valence-corrected chi connectivity index (χ3v) is 3.93. The highest BCUT2D eigenvalue weighted by atomic mass is 16.5. The third-order valence-electron chi connectivity index (χ3n) is 3.93. The van der Waals surface area contributed by atoms with Crippen molar-refractivity contribution < 1.29 is 9.53 Å². The number of aromatic nitrogens is 2. The monoisotopic (exact) mass is 324 g/mol. The van der Waals surface area contributed by atoms with Crippen LogP contribution in [0.2, 0.25) is 0 Å². The Labute approximate surface area is 141 Å². The van der Waals surface area contributed by atoms with Crippen LogP contribution in [-0.2, 0) is 0 Å². The lowest BCUT2D eigenvalue weighted by Gasteiger charge is -2.26. The fourth-order valence-electron chi connectivity index (χ4n) is 2.62. The molecule has 2 amide bonds. The molecule has 1 aromatic carbocycles. The summed E-state index contributed by atoms with van der Waals surface area (Å²) in [5, 5.41) is 0. The molecule has 1 aliphatic heterocycles. The van der Waals surface area contributed by atoms with Gasteiger partial charge in [0.1, 0.15) is 5.75 Å². The van der Waals surface area contributed by atoms with Gasteiger partial charge in [-0.05, 0) is 37.5 Å². The average molecular weight is 324 g/mol. The summed E-state index contributed by atoms with van der Waals surface area (Å²) in [7, 11) is 0. The van der Waals surface area contributed by atoms with Crippen LogP contribution in [0.4, 0.5) is 4.79 Å². The molecular formula is C18H20N4O2. The summed E-state index contributed by atoms with van der Waals surface area (Å²) in [6.07, 6.45) is 7.12. The second kappa shape index (κ2) is 7.12. The highest BCUT2D eigenvalue weighted by Crippen LogP contribution is 2.24. The molecule has 0 bridgehead atoms. The summed E-state index contributed by atoms with van der Waals surface area (Å²) in [6.45, 7) is 3.24. The largest absolute Gasteiger partial charge is 0.437 e. The second-order valence-corrected chi connectivity index (χ2v) is 5.80. The van der Waals surface area contributed by atoms with E-state index in [9.17, 15) is 4.79 Å². The van der Waals surface area contributed by atoms with Crippen LogP contribution in [0.15, 0.2) is 42.2 Å². The maximum Gasteiger partial charge on any atom is 0.314 e. The summed E-state index contributed by atoms with van der Waals surface area (Å²) < 4.78 is 5.74. The number of carbonyl (C=O) groups is 1. The first kappa shape index (κ1) is 16.0. The molecule has 124 valence electrons. The van der Waals surface area contributed by atoms with Crippen LogP contribution < -0.4 is 10.5 Å². The molecule has 6 heteroatoms. The van der Waals surface area contributed by atoms with Crippen molar-refractivity contribution in [2.24, 2.45) is 5.73 Å². The Hall–Kier alpha value is -2.89. The Morgan fingerprint density at radius 2 is 2.04 bits per heavy atom. The van der Waals surface area contributed by atoms with E-state index in [0.717, 1.165) is 29.8 Å². The minimum absolute atomic E-state index is 0.344.